The number of aryl methyl sites for hydroxylation is 1. The predicted molar refractivity (Wildman–Crippen MR) is 101 cm³/mol. The maximum Gasteiger partial charge on any atom is 0.174 e. The van der Waals surface area contributed by atoms with Crippen molar-refractivity contribution >= 4 is 43.8 Å². The Labute approximate surface area is 147 Å². The molecule has 0 atom stereocenters. The van der Waals surface area contributed by atoms with Crippen molar-refractivity contribution in [2.45, 2.75) is 6.92 Å². The van der Waals surface area contributed by atoms with Gasteiger partial charge in [0.05, 0.1) is 11.7 Å². The Morgan fingerprint density at radius 2 is 2.00 bits per heavy atom. The average Bonchev–Trinajstić information content (AvgIpc) is 3.33. The van der Waals surface area contributed by atoms with Gasteiger partial charge in [0.1, 0.15) is 5.76 Å². The van der Waals surface area contributed by atoms with Gasteiger partial charge in [-0.1, -0.05) is 23.4 Å². The summed E-state index contributed by atoms with van der Waals surface area (Å²) in [5.41, 5.74) is 3.11. The summed E-state index contributed by atoms with van der Waals surface area (Å²) in [6, 6.07) is 16.7. The standard InChI is InChI=1S/C19H14N4OS/c1-11-6-18(23-24-11)21-14-7-13-10-20-22-19(13)15(9-14)17-8-12-4-2-3-5-16(12)25-17/h2-10H,1H3,(H,20,22)(H,21,23). The van der Waals surface area contributed by atoms with Crippen LogP contribution in [-0.2, 0) is 0 Å². The lowest BCUT2D eigenvalue weighted by Crippen LogP contribution is -1.91. The molecule has 0 aliphatic carbocycles. The molecule has 0 bridgehead atoms. The number of nitrogens with one attached hydrogen (secondary N) is 2. The van der Waals surface area contributed by atoms with E-state index >= 15 is 0 Å². The quantitative estimate of drug-likeness (QED) is 0.454. The number of fused-ring (bicyclic) bond motifs is 2. The third-order valence-corrected chi connectivity index (χ3v) is 5.29. The molecule has 5 nitrogen and oxygen atoms in total. The lowest BCUT2D eigenvalue weighted by atomic mass is 10.1. The molecular weight excluding hydrogens is 332 g/mol. The largest absolute Gasteiger partial charge is 0.360 e. The second-order valence-electron chi connectivity index (χ2n) is 5.95. The number of H-pyrrole nitrogens is 1. The van der Waals surface area contributed by atoms with E-state index in [-0.39, 0.29) is 0 Å². The minimum atomic E-state index is 0.697. The van der Waals surface area contributed by atoms with E-state index in [1.165, 1.54) is 15.0 Å². The highest BCUT2D eigenvalue weighted by Crippen LogP contribution is 2.38. The van der Waals surface area contributed by atoms with Crippen LogP contribution in [-0.4, -0.2) is 15.4 Å². The SMILES string of the molecule is Cc1cc(Nc2cc(-c3cc4ccccc4s3)c3[nH]ncc3c2)no1. The van der Waals surface area contributed by atoms with Crippen molar-refractivity contribution in [2.24, 2.45) is 0 Å². The predicted octanol–water partition coefficient (Wildman–Crippen LogP) is 5.48. The van der Waals surface area contributed by atoms with Gasteiger partial charge in [0.2, 0.25) is 0 Å². The van der Waals surface area contributed by atoms with Crippen LogP contribution in [0.15, 0.2) is 59.3 Å². The fraction of sp³-hybridized carbons (Fsp3) is 0.0526. The summed E-state index contributed by atoms with van der Waals surface area (Å²) in [4.78, 5) is 1.20. The van der Waals surface area contributed by atoms with E-state index < -0.39 is 0 Å². The maximum atomic E-state index is 5.14. The molecule has 0 aliphatic heterocycles. The van der Waals surface area contributed by atoms with Crippen molar-refractivity contribution < 1.29 is 4.52 Å². The molecule has 3 aromatic heterocycles. The zero-order valence-corrected chi connectivity index (χ0v) is 14.2. The van der Waals surface area contributed by atoms with E-state index in [9.17, 15) is 0 Å². The van der Waals surface area contributed by atoms with Gasteiger partial charge in [-0.05, 0) is 36.6 Å². The highest BCUT2D eigenvalue weighted by Gasteiger charge is 2.12. The second kappa shape index (κ2) is 5.46. The Hall–Kier alpha value is -3.12. The molecule has 0 spiro atoms. The summed E-state index contributed by atoms with van der Waals surface area (Å²) < 4.78 is 6.41. The van der Waals surface area contributed by atoms with Crippen LogP contribution in [0.4, 0.5) is 11.5 Å². The molecule has 0 aliphatic rings. The molecule has 0 saturated carbocycles. The van der Waals surface area contributed by atoms with E-state index in [1.807, 2.05) is 19.2 Å². The van der Waals surface area contributed by atoms with Crippen LogP contribution >= 0.6 is 11.3 Å². The van der Waals surface area contributed by atoms with Gasteiger partial charge in [-0.3, -0.25) is 5.10 Å². The van der Waals surface area contributed by atoms with Crippen LogP contribution in [0, 0.1) is 6.92 Å². The summed E-state index contributed by atoms with van der Waals surface area (Å²) in [7, 11) is 0. The molecule has 3 heterocycles. The van der Waals surface area contributed by atoms with Crippen molar-refractivity contribution in [3.8, 4) is 10.4 Å². The van der Waals surface area contributed by atoms with Crippen molar-refractivity contribution in [3.05, 3.63) is 60.5 Å². The smallest absolute Gasteiger partial charge is 0.174 e. The van der Waals surface area contributed by atoms with Crippen LogP contribution in [0.1, 0.15) is 5.76 Å². The first kappa shape index (κ1) is 14.2. The first-order valence-electron chi connectivity index (χ1n) is 7.93. The van der Waals surface area contributed by atoms with Gasteiger partial charge in [0.25, 0.3) is 0 Å². The van der Waals surface area contributed by atoms with Gasteiger partial charge in [-0.25, -0.2) is 0 Å². The lowest BCUT2D eigenvalue weighted by Gasteiger charge is -2.06. The number of nitrogens with zero attached hydrogens (tertiary/aromatic N) is 2. The Balaban J connectivity index is 1.66. The van der Waals surface area contributed by atoms with Gasteiger partial charge in [0, 0.05) is 32.3 Å². The summed E-state index contributed by atoms with van der Waals surface area (Å²) in [5, 5.41) is 17.0. The molecule has 0 saturated heterocycles. The van der Waals surface area contributed by atoms with Gasteiger partial charge in [-0.15, -0.1) is 11.3 Å². The first-order chi connectivity index (χ1) is 12.3. The van der Waals surface area contributed by atoms with Crippen molar-refractivity contribution in [2.75, 3.05) is 5.32 Å². The summed E-state index contributed by atoms with van der Waals surface area (Å²) >= 11 is 1.78. The van der Waals surface area contributed by atoms with Crippen LogP contribution in [0.25, 0.3) is 31.4 Å². The van der Waals surface area contributed by atoms with Crippen molar-refractivity contribution in [3.63, 3.8) is 0 Å². The summed E-state index contributed by atoms with van der Waals surface area (Å²) in [6.07, 6.45) is 1.84. The van der Waals surface area contributed by atoms with E-state index in [0.717, 1.165) is 27.9 Å². The van der Waals surface area contributed by atoms with Gasteiger partial charge >= 0.3 is 0 Å². The Morgan fingerprint density at radius 3 is 2.84 bits per heavy atom. The zero-order valence-electron chi connectivity index (χ0n) is 13.4. The maximum absolute atomic E-state index is 5.14. The third kappa shape index (κ3) is 2.47. The minimum absolute atomic E-state index is 0.697. The molecule has 0 unspecified atom stereocenters. The first-order valence-corrected chi connectivity index (χ1v) is 8.74. The fourth-order valence-corrected chi connectivity index (χ4v) is 4.10. The Kier molecular flexibility index (Phi) is 3.11. The molecule has 122 valence electrons. The average molecular weight is 346 g/mol. The molecule has 0 fully saturated rings. The Morgan fingerprint density at radius 1 is 1.08 bits per heavy atom. The highest BCUT2D eigenvalue weighted by atomic mass is 32.1. The molecule has 5 aromatic rings. The number of hydrogen-bond donors (Lipinski definition) is 2. The van der Waals surface area contributed by atoms with E-state index in [4.69, 9.17) is 4.52 Å². The number of thiophene rings is 1. The molecule has 0 amide bonds. The topological polar surface area (TPSA) is 66.7 Å². The van der Waals surface area contributed by atoms with Gasteiger partial charge in [-0.2, -0.15) is 5.10 Å². The highest BCUT2D eigenvalue weighted by molar-refractivity contribution is 7.22. The third-order valence-electron chi connectivity index (χ3n) is 4.14. The Bertz CT molecular complexity index is 1170. The van der Waals surface area contributed by atoms with Crippen molar-refractivity contribution in [1.82, 2.24) is 15.4 Å². The molecule has 2 aromatic carbocycles. The van der Waals surface area contributed by atoms with E-state index in [0.29, 0.717) is 5.82 Å². The molecule has 2 N–H and O–H groups in total. The van der Waals surface area contributed by atoms with Crippen LogP contribution < -0.4 is 5.32 Å². The van der Waals surface area contributed by atoms with E-state index in [1.54, 1.807) is 11.3 Å². The minimum Gasteiger partial charge on any atom is -0.360 e. The number of hydrogen-bond acceptors (Lipinski definition) is 5. The molecule has 0 radical (unpaired) electrons. The number of aromatic nitrogens is 3. The normalized spacial score (nSPS) is 11.4. The van der Waals surface area contributed by atoms with E-state index in [2.05, 4.69) is 63.1 Å². The fourth-order valence-electron chi connectivity index (χ4n) is 3.01. The monoisotopic (exact) mass is 346 g/mol. The number of anilines is 2. The van der Waals surface area contributed by atoms with Crippen LogP contribution in [0.2, 0.25) is 0 Å². The number of rotatable bonds is 3. The van der Waals surface area contributed by atoms with Crippen molar-refractivity contribution in [1.29, 1.82) is 0 Å². The zero-order chi connectivity index (χ0) is 16.8. The van der Waals surface area contributed by atoms with Crippen LogP contribution in [0.3, 0.4) is 0 Å². The molecule has 5 rings (SSSR count). The lowest BCUT2D eigenvalue weighted by molar-refractivity contribution is 0.400. The summed E-state index contributed by atoms with van der Waals surface area (Å²) in [6.45, 7) is 1.88. The van der Waals surface area contributed by atoms with Crippen LogP contribution in [0.5, 0.6) is 0 Å². The molecule has 6 heteroatoms. The molecular formula is C19H14N4OS. The van der Waals surface area contributed by atoms with Gasteiger partial charge < -0.3 is 9.84 Å². The number of aromatic amines is 1. The summed E-state index contributed by atoms with van der Waals surface area (Å²) in [5.74, 6) is 1.47. The number of benzene rings is 2. The molecule has 25 heavy (non-hydrogen) atoms. The second-order valence-corrected chi connectivity index (χ2v) is 7.04. The van der Waals surface area contributed by atoms with Gasteiger partial charge in [0.15, 0.2) is 5.82 Å².